The van der Waals surface area contributed by atoms with Crippen molar-refractivity contribution >= 4 is 23.2 Å². The zero-order valence-electron chi connectivity index (χ0n) is 16.6. The molecular weight excluding hydrogens is 405 g/mol. The molecule has 0 unspecified atom stereocenters. The van der Waals surface area contributed by atoms with Gasteiger partial charge in [-0.1, -0.05) is 42.5 Å². The topological polar surface area (TPSA) is 58.2 Å². The molecule has 0 saturated carbocycles. The van der Waals surface area contributed by atoms with Gasteiger partial charge in [0.1, 0.15) is 0 Å². The van der Waals surface area contributed by atoms with Crippen LogP contribution in [-0.4, -0.2) is 11.8 Å². The fourth-order valence-electron chi connectivity index (χ4n) is 3.04. The van der Waals surface area contributed by atoms with Gasteiger partial charge in [-0.25, -0.2) is 0 Å². The molecule has 2 amide bonds. The van der Waals surface area contributed by atoms with Gasteiger partial charge in [-0.15, -0.1) is 0 Å². The van der Waals surface area contributed by atoms with Gasteiger partial charge < -0.3 is 10.6 Å². The van der Waals surface area contributed by atoms with Crippen LogP contribution in [0.3, 0.4) is 0 Å². The lowest BCUT2D eigenvalue weighted by molar-refractivity contribution is -0.137. The Morgan fingerprint density at radius 2 is 1.45 bits per heavy atom. The normalized spacial score (nSPS) is 11.1. The number of hydrogen-bond acceptors (Lipinski definition) is 2. The monoisotopic (exact) mass is 426 g/mol. The van der Waals surface area contributed by atoms with Crippen LogP contribution in [0.4, 0.5) is 24.5 Å². The molecule has 0 aliphatic carbocycles. The summed E-state index contributed by atoms with van der Waals surface area (Å²) in [6, 6.07) is 20.5. The van der Waals surface area contributed by atoms with E-state index in [4.69, 9.17) is 0 Å². The van der Waals surface area contributed by atoms with Crippen LogP contribution >= 0.6 is 0 Å². The number of anilines is 2. The predicted octanol–water partition coefficient (Wildman–Crippen LogP) is 5.92. The van der Waals surface area contributed by atoms with Crippen molar-refractivity contribution < 1.29 is 22.8 Å². The van der Waals surface area contributed by atoms with E-state index >= 15 is 0 Å². The number of nitrogens with one attached hydrogen (secondary N) is 2. The van der Waals surface area contributed by atoms with Crippen molar-refractivity contribution in [1.29, 1.82) is 0 Å². The molecule has 0 bridgehead atoms. The average molecular weight is 426 g/mol. The minimum Gasteiger partial charge on any atom is -0.326 e. The third-order valence-corrected chi connectivity index (χ3v) is 4.57. The van der Waals surface area contributed by atoms with Crippen LogP contribution in [-0.2, 0) is 17.4 Å². The molecule has 0 aromatic heterocycles. The van der Waals surface area contributed by atoms with Crippen molar-refractivity contribution in [3.8, 4) is 0 Å². The van der Waals surface area contributed by atoms with E-state index in [0.29, 0.717) is 18.5 Å². The zero-order valence-corrected chi connectivity index (χ0v) is 16.6. The van der Waals surface area contributed by atoms with Crippen LogP contribution < -0.4 is 10.6 Å². The highest BCUT2D eigenvalue weighted by Crippen LogP contribution is 2.30. The summed E-state index contributed by atoms with van der Waals surface area (Å²) in [6.45, 7) is 0. The second-order valence-corrected chi connectivity index (χ2v) is 7.00. The fraction of sp³-hybridized carbons (Fsp3) is 0.167. The van der Waals surface area contributed by atoms with Gasteiger partial charge in [0.25, 0.3) is 5.91 Å². The SMILES string of the molecule is O=C(CCCc1ccccc1)Nc1cccc(C(=O)Nc2cccc(C(F)(F)F)c2)c1. The minimum atomic E-state index is -4.49. The fourth-order valence-corrected chi connectivity index (χ4v) is 3.04. The molecule has 3 aromatic rings. The Hall–Kier alpha value is -3.61. The minimum absolute atomic E-state index is 0.0372. The van der Waals surface area contributed by atoms with Gasteiger partial charge in [-0.2, -0.15) is 13.2 Å². The first kappa shape index (κ1) is 22.1. The summed E-state index contributed by atoms with van der Waals surface area (Å²) in [7, 11) is 0. The molecule has 0 radical (unpaired) electrons. The van der Waals surface area contributed by atoms with Crippen molar-refractivity contribution in [1.82, 2.24) is 0 Å². The molecule has 0 aliphatic heterocycles. The highest BCUT2D eigenvalue weighted by atomic mass is 19.4. The molecule has 0 aliphatic rings. The van der Waals surface area contributed by atoms with E-state index in [9.17, 15) is 22.8 Å². The lowest BCUT2D eigenvalue weighted by Crippen LogP contribution is -2.15. The van der Waals surface area contributed by atoms with Gasteiger partial charge in [0, 0.05) is 23.4 Å². The summed E-state index contributed by atoms with van der Waals surface area (Å²) in [5, 5.41) is 5.20. The molecule has 0 fully saturated rings. The lowest BCUT2D eigenvalue weighted by Gasteiger charge is -2.11. The third kappa shape index (κ3) is 6.70. The number of benzene rings is 3. The highest BCUT2D eigenvalue weighted by Gasteiger charge is 2.30. The van der Waals surface area contributed by atoms with Crippen molar-refractivity contribution in [3.63, 3.8) is 0 Å². The Bertz CT molecular complexity index is 1050. The van der Waals surface area contributed by atoms with Crippen LogP contribution in [0.2, 0.25) is 0 Å². The van der Waals surface area contributed by atoms with E-state index in [1.54, 1.807) is 12.1 Å². The summed E-state index contributed by atoms with van der Waals surface area (Å²) >= 11 is 0. The van der Waals surface area contributed by atoms with E-state index in [0.717, 1.165) is 24.1 Å². The molecule has 160 valence electrons. The quantitative estimate of drug-likeness (QED) is 0.493. The van der Waals surface area contributed by atoms with Gasteiger partial charge in [-0.3, -0.25) is 9.59 Å². The van der Waals surface area contributed by atoms with Crippen LogP contribution in [0.25, 0.3) is 0 Å². The molecule has 2 N–H and O–H groups in total. The Balaban J connectivity index is 1.57. The summed E-state index contributed by atoms with van der Waals surface area (Å²) in [4.78, 5) is 24.6. The maximum Gasteiger partial charge on any atom is 0.416 e. The van der Waals surface area contributed by atoms with Gasteiger partial charge in [0.05, 0.1) is 5.56 Å². The van der Waals surface area contributed by atoms with Gasteiger partial charge in [0.15, 0.2) is 0 Å². The number of carbonyl (C=O) groups excluding carboxylic acids is 2. The highest BCUT2D eigenvalue weighted by molar-refractivity contribution is 6.05. The first-order chi connectivity index (χ1) is 14.8. The van der Waals surface area contributed by atoms with Gasteiger partial charge >= 0.3 is 6.18 Å². The Morgan fingerprint density at radius 3 is 2.16 bits per heavy atom. The van der Waals surface area contributed by atoms with E-state index < -0.39 is 17.6 Å². The Morgan fingerprint density at radius 1 is 0.774 bits per heavy atom. The second kappa shape index (κ2) is 9.93. The van der Waals surface area contributed by atoms with Crippen molar-refractivity contribution in [3.05, 3.63) is 95.6 Å². The molecule has 3 aromatic carbocycles. The molecular formula is C24H21F3N2O2. The lowest BCUT2D eigenvalue weighted by atomic mass is 10.1. The largest absolute Gasteiger partial charge is 0.416 e. The van der Waals surface area contributed by atoms with Crippen LogP contribution in [0, 0.1) is 0 Å². The van der Waals surface area contributed by atoms with Crippen LogP contribution in [0.5, 0.6) is 0 Å². The predicted molar refractivity (Wildman–Crippen MR) is 114 cm³/mol. The maximum atomic E-state index is 12.8. The molecule has 0 saturated heterocycles. The summed E-state index contributed by atoms with van der Waals surface area (Å²) in [5.74, 6) is -0.745. The molecule has 0 heterocycles. The summed E-state index contributed by atoms with van der Waals surface area (Å²) in [6.07, 6.45) is -2.69. The summed E-state index contributed by atoms with van der Waals surface area (Å²) < 4.78 is 38.5. The molecule has 31 heavy (non-hydrogen) atoms. The van der Waals surface area contributed by atoms with Crippen molar-refractivity contribution in [2.45, 2.75) is 25.4 Å². The molecule has 3 rings (SSSR count). The van der Waals surface area contributed by atoms with E-state index in [1.807, 2.05) is 30.3 Å². The smallest absolute Gasteiger partial charge is 0.326 e. The first-order valence-electron chi connectivity index (χ1n) is 9.74. The number of amides is 2. The Labute approximate surface area is 178 Å². The van der Waals surface area contributed by atoms with Gasteiger partial charge in [0.2, 0.25) is 5.91 Å². The van der Waals surface area contributed by atoms with E-state index in [2.05, 4.69) is 10.6 Å². The molecule has 0 spiro atoms. The average Bonchev–Trinajstić information content (AvgIpc) is 2.74. The zero-order chi connectivity index (χ0) is 22.3. The number of alkyl halides is 3. The number of aryl methyl sites for hydroxylation is 1. The maximum absolute atomic E-state index is 12.8. The van der Waals surface area contributed by atoms with E-state index in [-0.39, 0.29) is 17.2 Å². The van der Waals surface area contributed by atoms with Crippen LogP contribution in [0.15, 0.2) is 78.9 Å². The standard InChI is InChI=1S/C24H21F3N2O2/c25-24(26,27)19-11-6-13-21(16-19)29-23(31)18-10-5-12-20(15-18)28-22(30)14-4-9-17-7-2-1-3-8-17/h1-3,5-8,10-13,15-16H,4,9,14H2,(H,28,30)(H,29,31). The molecule has 7 heteroatoms. The number of hydrogen-bond donors (Lipinski definition) is 2. The van der Waals surface area contributed by atoms with E-state index in [1.165, 1.54) is 24.3 Å². The van der Waals surface area contributed by atoms with Crippen molar-refractivity contribution in [2.24, 2.45) is 0 Å². The number of carbonyl (C=O) groups is 2. The third-order valence-electron chi connectivity index (χ3n) is 4.57. The summed E-state index contributed by atoms with van der Waals surface area (Å²) in [5.41, 5.74) is 1.02. The number of halogens is 3. The van der Waals surface area contributed by atoms with Gasteiger partial charge in [-0.05, 0) is 54.8 Å². The molecule has 0 atom stereocenters. The Kier molecular flexibility index (Phi) is 7.07. The first-order valence-corrected chi connectivity index (χ1v) is 9.74. The van der Waals surface area contributed by atoms with Crippen LogP contribution in [0.1, 0.15) is 34.3 Å². The van der Waals surface area contributed by atoms with Crippen molar-refractivity contribution in [2.75, 3.05) is 10.6 Å². The second-order valence-electron chi connectivity index (χ2n) is 7.00. The molecule has 4 nitrogen and oxygen atoms in total. The number of rotatable bonds is 7.